The van der Waals surface area contributed by atoms with Crippen LogP contribution in [0.3, 0.4) is 0 Å². The molecule has 0 fully saturated rings. The summed E-state index contributed by atoms with van der Waals surface area (Å²) in [4.78, 5) is 4.65. The zero-order valence-electron chi connectivity index (χ0n) is 10.1. The first-order valence-electron chi connectivity index (χ1n) is 5.25. The number of hydrogen-bond donors (Lipinski definition) is 1. The molecule has 19 heavy (non-hydrogen) atoms. The summed E-state index contributed by atoms with van der Waals surface area (Å²) in [6, 6.07) is -2.09. The van der Waals surface area contributed by atoms with Crippen molar-refractivity contribution in [2.45, 2.75) is 38.7 Å². The third-order valence-electron chi connectivity index (χ3n) is 2.62. The zero-order chi connectivity index (χ0) is 15.0. The van der Waals surface area contributed by atoms with Gasteiger partial charge in [0.25, 0.3) is 0 Å². The third-order valence-corrected chi connectivity index (χ3v) is 3.71. The molecule has 0 aliphatic carbocycles. The second kappa shape index (κ2) is 5.28. The average molecular weight is 306 g/mol. The predicted molar refractivity (Wildman–Crippen MR) is 58.9 cm³/mol. The normalized spacial score (nSPS) is 15.1. The minimum Gasteiger partial charge on any atom is -0.326 e. The summed E-state index contributed by atoms with van der Waals surface area (Å²) in [6.45, 7) is 3.32. The SMILES string of the molecule is Cc1nc(CC(N)C(C(F)(F)F)C(F)(F)F)sc1C. The Bertz CT molecular complexity index is 403. The third kappa shape index (κ3) is 4.07. The van der Waals surface area contributed by atoms with Crippen LogP contribution >= 0.6 is 11.3 Å². The molecule has 1 rings (SSSR count). The van der Waals surface area contributed by atoms with E-state index in [1.54, 1.807) is 13.8 Å². The lowest BCUT2D eigenvalue weighted by Gasteiger charge is -2.27. The molecule has 0 saturated carbocycles. The molecule has 0 bridgehead atoms. The van der Waals surface area contributed by atoms with Gasteiger partial charge in [0.1, 0.15) is 0 Å². The highest BCUT2D eigenvalue weighted by Gasteiger charge is 2.59. The summed E-state index contributed by atoms with van der Waals surface area (Å²) in [6.07, 6.45) is -11.4. The maximum atomic E-state index is 12.4. The minimum absolute atomic E-state index is 0.181. The largest absolute Gasteiger partial charge is 0.402 e. The molecule has 0 amide bonds. The highest BCUT2D eigenvalue weighted by atomic mass is 32.1. The fraction of sp³-hybridized carbons (Fsp3) is 0.700. The van der Waals surface area contributed by atoms with E-state index >= 15 is 0 Å². The Kier molecular flexibility index (Phi) is 4.51. The van der Waals surface area contributed by atoms with E-state index in [0.717, 1.165) is 16.2 Å². The summed E-state index contributed by atoms with van der Waals surface area (Å²) in [5, 5.41) is 0.181. The summed E-state index contributed by atoms with van der Waals surface area (Å²) in [7, 11) is 0. The number of nitrogens with zero attached hydrogens (tertiary/aromatic N) is 1. The van der Waals surface area contributed by atoms with Crippen LogP contribution in [-0.4, -0.2) is 23.4 Å². The number of alkyl halides is 6. The van der Waals surface area contributed by atoms with E-state index < -0.39 is 30.7 Å². The van der Waals surface area contributed by atoms with Gasteiger partial charge in [0.15, 0.2) is 5.92 Å². The van der Waals surface area contributed by atoms with Crippen LogP contribution in [0.15, 0.2) is 0 Å². The summed E-state index contributed by atoms with van der Waals surface area (Å²) >= 11 is 1.06. The predicted octanol–water partition coefficient (Wildman–Crippen LogP) is 3.37. The van der Waals surface area contributed by atoms with Gasteiger partial charge in [0.05, 0.1) is 10.7 Å². The topological polar surface area (TPSA) is 38.9 Å². The first-order valence-corrected chi connectivity index (χ1v) is 6.06. The van der Waals surface area contributed by atoms with Gasteiger partial charge < -0.3 is 5.73 Å². The van der Waals surface area contributed by atoms with Gasteiger partial charge in [-0.25, -0.2) is 4.98 Å². The van der Waals surface area contributed by atoms with Crippen LogP contribution in [0.1, 0.15) is 15.6 Å². The van der Waals surface area contributed by atoms with E-state index in [-0.39, 0.29) is 5.01 Å². The van der Waals surface area contributed by atoms with E-state index in [9.17, 15) is 26.3 Å². The Morgan fingerprint density at radius 1 is 1.11 bits per heavy atom. The molecule has 1 heterocycles. The Morgan fingerprint density at radius 3 is 1.89 bits per heavy atom. The minimum atomic E-state index is -5.42. The number of halogens is 6. The molecule has 1 unspecified atom stereocenters. The Hall–Kier alpha value is -0.830. The van der Waals surface area contributed by atoms with Crippen LogP contribution in [-0.2, 0) is 6.42 Å². The molecule has 0 saturated heterocycles. The molecular weight excluding hydrogens is 294 g/mol. The van der Waals surface area contributed by atoms with Gasteiger partial charge in [-0.1, -0.05) is 0 Å². The molecule has 1 atom stereocenters. The summed E-state index contributed by atoms with van der Waals surface area (Å²) in [5.41, 5.74) is 5.69. The summed E-state index contributed by atoms with van der Waals surface area (Å²) in [5.74, 6) is -3.54. The van der Waals surface area contributed by atoms with E-state index in [0.29, 0.717) is 5.69 Å². The van der Waals surface area contributed by atoms with Crippen molar-refractivity contribution >= 4 is 11.3 Å². The van der Waals surface area contributed by atoms with Crippen LogP contribution in [0.2, 0.25) is 0 Å². The smallest absolute Gasteiger partial charge is 0.326 e. The molecule has 0 spiro atoms. The maximum absolute atomic E-state index is 12.4. The van der Waals surface area contributed by atoms with Crippen molar-refractivity contribution in [2.75, 3.05) is 0 Å². The van der Waals surface area contributed by atoms with Crippen LogP contribution < -0.4 is 5.73 Å². The Balaban J connectivity index is 2.92. The van der Waals surface area contributed by atoms with Crippen molar-refractivity contribution in [1.82, 2.24) is 4.98 Å². The molecule has 0 aromatic carbocycles. The average Bonchev–Trinajstić information content (AvgIpc) is 2.39. The van der Waals surface area contributed by atoms with Crippen molar-refractivity contribution in [2.24, 2.45) is 11.7 Å². The first-order chi connectivity index (χ1) is 8.43. The van der Waals surface area contributed by atoms with Crippen LogP contribution in [0.5, 0.6) is 0 Å². The van der Waals surface area contributed by atoms with Crippen molar-refractivity contribution in [3.05, 3.63) is 15.6 Å². The van der Waals surface area contributed by atoms with Gasteiger partial charge in [-0.2, -0.15) is 26.3 Å². The second-order valence-electron chi connectivity index (χ2n) is 4.18. The van der Waals surface area contributed by atoms with Gasteiger partial charge in [-0.3, -0.25) is 0 Å². The van der Waals surface area contributed by atoms with Crippen molar-refractivity contribution in [3.63, 3.8) is 0 Å². The fourth-order valence-corrected chi connectivity index (χ4v) is 2.62. The molecule has 9 heteroatoms. The molecule has 1 aromatic rings. The Labute approximate surface area is 109 Å². The molecule has 0 radical (unpaired) electrons. The van der Waals surface area contributed by atoms with E-state index in [1.807, 2.05) is 0 Å². The molecule has 0 aliphatic heterocycles. The number of nitrogens with two attached hydrogens (primary N) is 1. The number of aryl methyl sites for hydroxylation is 2. The monoisotopic (exact) mass is 306 g/mol. The first kappa shape index (κ1) is 16.2. The maximum Gasteiger partial charge on any atom is 0.402 e. The van der Waals surface area contributed by atoms with Crippen molar-refractivity contribution in [1.29, 1.82) is 0 Å². The quantitative estimate of drug-likeness (QED) is 0.870. The Morgan fingerprint density at radius 2 is 1.58 bits per heavy atom. The molecule has 2 N–H and O–H groups in total. The number of aromatic nitrogens is 1. The molecule has 0 aliphatic rings. The number of hydrogen-bond acceptors (Lipinski definition) is 3. The van der Waals surface area contributed by atoms with E-state index in [2.05, 4.69) is 4.98 Å². The van der Waals surface area contributed by atoms with E-state index in [4.69, 9.17) is 5.73 Å². The lowest BCUT2D eigenvalue weighted by molar-refractivity contribution is -0.289. The van der Waals surface area contributed by atoms with Gasteiger partial charge >= 0.3 is 12.4 Å². The number of rotatable bonds is 3. The molecule has 110 valence electrons. The molecular formula is C10H12F6N2S. The van der Waals surface area contributed by atoms with Crippen LogP contribution in [0, 0.1) is 19.8 Å². The lowest BCUT2D eigenvalue weighted by atomic mass is 9.96. The fourth-order valence-electron chi connectivity index (χ4n) is 1.62. The van der Waals surface area contributed by atoms with Crippen LogP contribution in [0.25, 0.3) is 0 Å². The summed E-state index contributed by atoms with van der Waals surface area (Å²) < 4.78 is 74.6. The number of thiazole rings is 1. The standard InChI is InChI=1S/C10H12F6N2S/c1-4-5(2)19-7(18-4)3-6(17)8(9(11,12)13)10(14,15)16/h6,8H,3,17H2,1-2H3. The van der Waals surface area contributed by atoms with E-state index in [1.165, 1.54) is 0 Å². The van der Waals surface area contributed by atoms with Gasteiger partial charge in [-0.05, 0) is 13.8 Å². The highest BCUT2D eigenvalue weighted by Crippen LogP contribution is 2.41. The highest BCUT2D eigenvalue weighted by molar-refractivity contribution is 7.11. The van der Waals surface area contributed by atoms with Crippen LogP contribution in [0.4, 0.5) is 26.3 Å². The lowest BCUT2D eigenvalue weighted by Crippen LogP contribution is -2.49. The second-order valence-corrected chi connectivity index (χ2v) is 5.47. The van der Waals surface area contributed by atoms with Gasteiger partial charge in [0.2, 0.25) is 0 Å². The zero-order valence-corrected chi connectivity index (χ0v) is 10.9. The van der Waals surface area contributed by atoms with Gasteiger partial charge in [0, 0.05) is 17.3 Å². The molecule has 2 nitrogen and oxygen atoms in total. The van der Waals surface area contributed by atoms with Gasteiger partial charge in [-0.15, -0.1) is 11.3 Å². The molecule has 1 aromatic heterocycles. The van der Waals surface area contributed by atoms with Crippen molar-refractivity contribution < 1.29 is 26.3 Å². The van der Waals surface area contributed by atoms with Crippen molar-refractivity contribution in [3.8, 4) is 0 Å².